The number of hydrogen-bond acceptors (Lipinski definition) is 4. The number of aromatic nitrogens is 1. The molecule has 1 aliphatic carbocycles. The van der Waals surface area contributed by atoms with E-state index in [-0.39, 0.29) is 16.9 Å². The van der Waals surface area contributed by atoms with E-state index in [0.717, 1.165) is 31.5 Å². The van der Waals surface area contributed by atoms with E-state index in [9.17, 15) is 5.11 Å². The van der Waals surface area contributed by atoms with Crippen molar-refractivity contribution in [1.29, 1.82) is 0 Å². The predicted molar refractivity (Wildman–Crippen MR) is 173 cm³/mol. The molecule has 5 nitrogen and oxygen atoms in total. The molecule has 1 spiro atoms. The maximum absolute atomic E-state index is 11.8. The highest BCUT2D eigenvalue weighted by molar-refractivity contribution is 6.05. The van der Waals surface area contributed by atoms with Gasteiger partial charge in [-0.05, 0) is 119 Å². The van der Waals surface area contributed by atoms with Crippen LogP contribution >= 0.6 is 0 Å². The van der Waals surface area contributed by atoms with Crippen LogP contribution in [0.2, 0.25) is 0 Å². The van der Waals surface area contributed by atoms with Gasteiger partial charge in [-0.1, -0.05) is 38.1 Å². The van der Waals surface area contributed by atoms with E-state index >= 15 is 0 Å². The van der Waals surface area contributed by atoms with E-state index in [2.05, 4.69) is 64.6 Å². The fourth-order valence-corrected chi connectivity index (χ4v) is 12.6. The third-order valence-electron chi connectivity index (χ3n) is 14.3. The van der Waals surface area contributed by atoms with Crippen molar-refractivity contribution in [2.45, 2.75) is 108 Å². The van der Waals surface area contributed by atoms with E-state index in [0.29, 0.717) is 23.2 Å². The number of piperidine rings is 2. The minimum Gasteiger partial charge on any atom is -0.508 e. The molecular weight excluding hydrogens is 528 g/mol. The zero-order valence-electron chi connectivity index (χ0n) is 26.0. The summed E-state index contributed by atoms with van der Waals surface area (Å²) in [7, 11) is 0. The Morgan fingerprint density at radius 1 is 0.860 bits per heavy atom. The Kier molecular flexibility index (Phi) is 5.10. The molecule has 5 heteroatoms. The molecule has 6 atom stereocenters. The van der Waals surface area contributed by atoms with Crippen LogP contribution in [0.15, 0.2) is 41.4 Å². The van der Waals surface area contributed by atoms with Crippen molar-refractivity contribution in [2.75, 3.05) is 26.2 Å². The second-order valence-corrected chi connectivity index (χ2v) is 15.4. The zero-order chi connectivity index (χ0) is 28.7. The Morgan fingerprint density at radius 3 is 2.53 bits per heavy atom. The lowest BCUT2D eigenvalue weighted by Crippen LogP contribution is -2.61. The summed E-state index contributed by atoms with van der Waals surface area (Å²) >= 11 is 0. The number of aromatic hydroxyl groups is 1. The Morgan fingerprint density at radius 2 is 1.67 bits per heavy atom. The molecule has 4 fully saturated rings. The van der Waals surface area contributed by atoms with Gasteiger partial charge in [0.1, 0.15) is 5.75 Å². The number of phenolic OH excluding ortho intramolecular Hbond substituents is 1. The second-order valence-electron chi connectivity index (χ2n) is 15.4. The van der Waals surface area contributed by atoms with Crippen molar-refractivity contribution in [1.82, 2.24) is 14.4 Å². The van der Waals surface area contributed by atoms with Gasteiger partial charge in [-0.25, -0.2) is 0 Å². The maximum Gasteiger partial charge on any atom is 0.121 e. The molecule has 3 saturated heterocycles. The van der Waals surface area contributed by atoms with Crippen molar-refractivity contribution in [3.05, 3.63) is 58.8 Å². The van der Waals surface area contributed by atoms with Crippen LogP contribution in [0.5, 0.6) is 5.75 Å². The van der Waals surface area contributed by atoms with Gasteiger partial charge < -0.3 is 9.67 Å². The summed E-state index contributed by atoms with van der Waals surface area (Å²) in [4.78, 5) is 11.3. The molecule has 1 N–H and O–H groups in total. The highest BCUT2D eigenvalue weighted by Crippen LogP contribution is 2.67. The molecule has 1 aromatic heterocycles. The quantitative estimate of drug-likeness (QED) is 0.347. The first-order valence-electron chi connectivity index (χ1n) is 17.6. The van der Waals surface area contributed by atoms with E-state index in [1.807, 2.05) is 0 Å². The molecule has 10 rings (SSSR count). The number of aliphatic imine (C=N–C) groups is 1. The Balaban J connectivity index is 1.23. The number of fused-ring (bicyclic) bond motifs is 4. The third-order valence-corrected chi connectivity index (χ3v) is 14.3. The zero-order valence-corrected chi connectivity index (χ0v) is 26.0. The third kappa shape index (κ3) is 2.91. The summed E-state index contributed by atoms with van der Waals surface area (Å²) in [6.45, 7) is 9.67. The molecule has 2 aromatic carbocycles. The number of phenols is 1. The molecule has 7 aliphatic rings. The van der Waals surface area contributed by atoms with Crippen molar-refractivity contribution < 1.29 is 5.11 Å². The SMILES string of the molecule is CC[C@]12CCCN3CCc4c(n(c5ccccc45)[C@@H](c4ccc(O)c5c4N=C4CC[C@]6(CC)CCCN7CC[C@@]45[C@@H]76)C1)[C@@H]32. The molecule has 6 aliphatic heterocycles. The fraction of sp³-hybridized carbons (Fsp3) is 0.605. The van der Waals surface area contributed by atoms with Gasteiger partial charge in [0.2, 0.25) is 0 Å². The number of rotatable bonds is 3. The van der Waals surface area contributed by atoms with Gasteiger partial charge in [0.15, 0.2) is 0 Å². The van der Waals surface area contributed by atoms with Gasteiger partial charge in [0, 0.05) is 46.0 Å². The monoisotopic (exact) mass is 574 g/mol. The molecule has 7 heterocycles. The van der Waals surface area contributed by atoms with E-state index in [4.69, 9.17) is 4.99 Å². The van der Waals surface area contributed by atoms with Gasteiger partial charge in [-0.15, -0.1) is 0 Å². The lowest BCUT2D eigenvalue weighted by Gasteiger charge is -2.57. The van der Waals surface area contributed by atoms with Crippen molar-refractivity contribution in [3.8, 4) is 5.75 Å². The number of hydrogen-bond donors (Lipinski definition) is 1. The van der Waals surface area contributed by atoms with Gasteiger partial charge in [-0.2, -0.15) is 0 Å². The Labute approximate surface area is 256 Å². The van der Waals surface area contributed by atoms with Crippen LogP contribution < -0.4 is 0 Å². The lowest BCUT2D eigenvalue weighted by molar-refractivity contribution is -0.0312. The van der Waals surface area contributed by atoms with Gasteiger partial charge >= 0.3 is 0 Å². The number of benzene rings is 2. The molecule has 3 aromatic rings. The highest BCUT2D eigenvalue weighted by Gasteiger charge is 2.66. The van der Waals surface area contributed by atoms with E-state index in [1.165, 1.54) is 98.7 Å². The first-order valence-corrected chi connectivity index (χ1v) is 17.6. The van der Waals surface area contributed by atoms with Crippen LogP contribution in [0.3, 0.4) is 0 Å². The molecule has 1 saturated carbocycles. The van der Waals surface area contributed by atoms with Crippen LogP contribution in [0.1, 0.15) is 113 Å². The summed E-state index contributed by atoms with van der Waals surface area (Å²) in [6.07, 6.45) is 13.5. The highest BCUT2D eigenvalue weighted by atomic mass is 16.3. The predicted octanol–water partition coefficient (Wildman–Crippen LogP) is 7.81. The molecule has 0 unspecified atom stereocenters. The first kappa shape index (κ1) is 25.7. The normalized spacial score (nSPS) is 37.5. The molecule has 0 bridgehead atoms. The van der Waals surface area contributed by atoms with Gasteiger partial charge in [0.25, 0.3) is 0 Å². The summed E-state index contributed by atoms with van der Waals surface area (Å²) in [6, 6.07) is 14.9. The van der Waals surface area contributed by atoms with Crippen molar-refractivity contribution in [3.63, 3.8) is 0 Å². The summed E-state index contributed by atoms with van der Waals surface area (Å²) in [5.74, 6) is 0.499. The summed E-state index contributed by atoms with van der Waals surface area (Å²) in [5, 5.41) is 13.3. The first-order chi connectivity index (χ1) is 21.1. The fourth-order valence-electron chi connectivity index (χ4n) is 12.6. The minimum absolute atomic E-state index is 0.108. The molecule has 0 radical (unpaired) electrons. The molecule has 43 heavy (non-hydrogen) atoms. The maximum atomic E-state index is 11.8. The van der Waals surface area contributed by atoms with Crippen LogP contribution in [-0.2, 0) is 11.8 Å². The van der Waals surface area contributed by atoms with Crippen molar-refractivity contribution >= 4 is 22.3 Å². The second kappa shape index (κ2) is 8.54. The Hall–Kier alpha value is -2.63. The molecular formula is C38H46N4O. The largest absolute Gasteiger partial charge is 0.508 e. The van der Waals surface area contributed by atoms with Gasteiger partial charge in [-0.3, -0.25) is 14.8 Å². The van der Waals surface area contributed by atoms with Gasteiger partial charge in [0.05, 0.1) is 23.2 Å². The smallest absolute Gasteiger partial charge is 0.121 e. The van der Waals surface area contributed by atoms with E-state index in [1.54, 1.807) is 11.3 Å². The Bertz CT molecular complexity index is 1720. The van der Waals surface area contributed by atoms with Crippen LogP contribution in [0, 0.1) is 10.8 Å². The lowest BCUT2D eigenvalue weighted by atomic mass is 9.52. The average Bonchev–Trinajstić information content (AvgIpc) is 3.72. The number of para-hydroxylation sites is 1. The topological polar surface area (TPSA) is 44.0 Å². The molecule has 0 amide bonds. The number of nitrogens with zero attached hydrogens (tertiary/aromatic N) is 4. The summed E-state index contributed by atoms with van der Waals surface area (Å²) < 4.78 is 2.78. The van der Waals surface area contributed by atoms with Crippen LogP contribution in [0.4, 0.5) is 5.69 Å². The van der Waals surface area contributed by atoms with Crippen LogP contribution in [0.25, 0.3) is 10.9 Å². The average molecular weight is 575 g/mol. The van der Waals surface area contributed by atoms with E-state index < -0.39 is 0 Å². The standard InChI is InChI=1S/C38H46N4O/c1-3-36-15-7-20-41-22-18-38(35(36)41)30(13-17-36)39-32-26(11-12-29(43)31(32)38)28-23-37(4-2)16-8-19-40-21-14-25-24-9-5-6-10-27(24)42(28)33(25)34(37)40/h5-6,9-12,28,34-35,43H,3-4,7-8,13-23H2,1-2H3/t28-,34-,35+,36+,37+,38-/m1/s1. The molecule has 224 valence electrons. The minimum atomic E-state index is -0.108. The summed E-state index contributed by atoms with van der Waals surface area (Å²) in [5.41, 5.74) is 10.3. The van der Waals surface area contributed by atoms with Crippen LogP contribution in [-0.4, -0.2) is 57.4 Å². The van der Waals surface area contributed by atoms with Crippen molar-refractivity contribution in [2.24, 2.45) is 15.8 Å².